The summed E-state index contributed by atoms with van der Waals surface area (Å²) in [5, 5.41) is 23.0. The molecule has 10 atom stereocenters. The lowest BCUT2D eigenvalue weighted by Gasteiger charge is -2.54. The number of fused-ring (bicyclic) bond motifs is 8. The SMILES string of the molecule is CC(=O)C(O)(C(C)C)C1OC(=O)C2C1OC1C=C3C4=C(C(O)CC3(C)C12)C1(C)CCC(=O)CC1CC4. The van der Waals surface area contributed by atoms with Gasteiger partial charge in [-0.2, -0.15) is 0 Å². The Balaban J connectivity index is 1.40. The van der Waals surface area contributed by atoms with Crippen LogP contribution in [0.5, 0.6) is 0 Å². The van der Waals surface area contributed by atoms with Crippen LogP contribution in [0, 0.1) is 34.5 Å². The van der Waals surface area contributed by atoms with E-state index < -0.39 is 52.9 Å². The Morgan fingerprint density at radius 2 is 1.92 bits per heavy atom. The molecular weight excluding hydrogens is 460 g/mol. The average Bonchev–Trinajstić information content (AvgIpc) is 3.41. The van der Waals surface area contributed by atoms with Crippen LogP contribution >= 0.6 is 0 Å². The Labute approximate surface area is 212 Å². The molecule has 6 aliphatic rings. The number of cyclic esters (lactones) is 1. The molecule has 2 aliphatic heterocycles. The fraction of sp³-hybridized carbons (Fsp3) is 0.759. The number of ketones is 2. The molecule has 0 spiro atoms. The van der Waals surface area contributed by atoms with Crippen LogP contribution < -0.4 is 0 Å². The van der Waals surface area contributed by atoms with E-state index in [1.54, 1.807) is 13.8 Å². The van der Waals surface area contributed by atoms with E-state index in [2.05, 4.69) is 19.9 Å². The Kier molecular flexibility index (Phi) is 5.18. The number of esters is 1. The zero-order valence-electron chi connectivity index (χ0n) is 21.9. The lowest BCUT2D eigenvalue weighted by Crippen LogP contribution is -2.57. The highest BCUT2D eigenvalue weighted by molar-refractivity contribution is 5.88. The van der Waals surface area contributed by atoms with Crippen molar-refractivity contribution in [3.8, 4) is 0 Å². The zero-order chi connectivity index (χ0) is 25.9. The summed E-state index contributed by atoms with van der Waals surface area (Å²) < 4.78 is 12.2. The van der Waals surface area contributed by atoms with Crippen LogP contribution in [0.25, 0.3) is 0 Å². The fourth-order valence-electron chi connectivity index (χ4n) is 9.12. The molecule has 0 radical (unpaired) electrons. The maximum absolute atomic E-state index is 13.3. The average molecular weight is 499 g/mol. The standard InChI is InChI=1S/C29H38O7/c1-13(2)29(34,14(3)30)25-24-21(26(33)36-25)23-20(35-24)11-18-17-7-6-15-10-16(31)8-9-27(15,4)22(17)19(32)12-28(18,23)5/h11,13,15,19-21,23-25,32,34H,6-10,12H2,1-5H3. The molecule has 196 valence electrons. The van der Waals surface area contributed by atoms with Crippen LogP contribution in [0.15, 0.2) is 22.8 Å². The monoisotopic (exact) mass is 498 g/mol. The first-order valence-electron chi connectivity index (χ1n) is 13.6. The van der Waals surface area contributed by atoms with Gasteiger partial charge in [0.15, 0.2) is 17.5 Å². The molecule has 0 bridgehead atoms. The predicted molar refractivity (Wildman–Crippen MR) is 130 cm³/mol. The number of ether oxygens (including phenoxy) is 2. The van der Waals surface area contributed by atoms with Crippen LogP contribution in [0.4, 0.5) is 0 Å². The highest BCUT2D eigenvalue weighted by Crippen LogP contribution is 2.66. The van der Waals surface area contributed by atoms with Crippen molar-refractivity contribution in [2.24, 2.45) is 34.5 Å². The Bertz CT molecular complexity index is 1120. The molecule has 4 aliphatic carbocycles. The number of hydrogen-bond donors (Lipinski definition) is 2. The van der Waals surface area contributed by atoms with E-state index in [0.29, 0.717) is 25.0 Å². The van der Waals surface area contributed by atoms with Crippen LogP contribution in [0.3, 0.4) is 0 Å². The normalized spacial score (nSPS) is 46.9. The van der Waals surface area contributed by atoms with Gasteiger partial charge in [-0.1, -0.05) is 33.8 Å². The quantitative estimate of drug-likeness (QED) is 0.576. The second kappa shape index (κ2) is 7.61. The number of carbonyl (C=O) groups is 3. The Morgan fingerprint density at radius 3 is 2.58 bits per heavy atom. The third kappa shape index (κ3) is 2.88. The minimum Gasteiger partial charge on any atom is -0.456 e. The minimum absolute atomic E-state index is 0.184. The van der Waals surface area contributed by atoms with Crippen LogP contribution in [-0.2, 0) is 23.9 Å². The number of hydrogen-bond acceptors (Lipinski definition) is 7. The van der Waals surface area contributed by atoms with Gasteiger partial charge >= 0.3 is 5.97 Å². The highest BCUT2D eigenvalue weighted by Gasteiger charge is 2.70. The minimum atomic E-state index is -1.81. The maximum atomic E-state index is 13.3. The summed E-state index contributed by atoms with van der Waals surface area (Å²) >= 11 is 0. The molecule has 2 heterocycles. The van der Waals surface area contributed by atoms with E-state index >= 15 is 0 Å². The van der Waals surface area contributed by atoms with Crippen LogP contribution in [0.2, 0.25) is 0 Å². The first-order valence-corrected chi connectivity index (χ1v) is 13.6. The summed E-state index contributed by atoms with van der Waals surface area (Å²) in [6, 6.07) is 0. The molecule has 0 aromatic carbocycles. The maximum Gasteiger partial charge on any atom is 0.312 e. The molecule has 10 unspecified atom stereocenters. The van der Waals surface area contributed by atoms with Crippen molar-refractivity contribution in [2.45, 2.75) is 103 Å². The summed E-state index contributed by atoms with van der Waals surface area (Å²) in [7, 11) is 0. The molecule has 0 aromatic rings. The molecule has 36 heavy (non-hydrogen) atoms. The smallest absolute Gasteiger partial charge is 0.312 e. The first-order chi connectivity index (χ1) is 16.8. The van der Waals surface area contributed by atoms with Gasteiger partial charge in [0.1, 0.15) is 11.9 Å². The van der Waals surface area contributed by atoms with Gasteiger partial charge in [-0.15, -0.1) is 0 Å². The largest absolute Gasteiger partial charge is 0.456 e. The molecule has 0 amide bonds. The van der Waals surface area contributed by atoms with Gasteiger partial charge in [-0.25, -0.2) is 0 Å². The van der Waals surface area contributed by atoms with Crippen LogP contribution in [0.1, 0.15) is 73.1 Å². The molecule has 2 N–H and O–H groups in total. The lowest BCUT2D eigenvalue weighted by molar-refractivity contribution is -0.179. The van der Waals surface area contributed by atoms with Gasteiger partial charge in [-0.05, 0) is 66.6 Å². The van der Waals surface area contributed by atoms with Crippen molar-refractivity contribution in [3.63, 3.8) is 0 Å². The second-order valence-electron chi connectivity index (χ2n) is 13.0. The number of aliphatic hydroxyl groups is 2. The second-order valence-corrected chi connectivity index (χ2v) is 13.0. The number of Topliss-reactive ketones (excluding diaryl/α,β-unsaturated/α-hetero) is 2. The molecule has 2 saturated heterocycles. The molecular formula is C29H38O7. The summed E-state index contributed by atoms with van der Waals surface area (Å²) in [6.45, 7) is 9.18. The van der Waals surface area contributed by atoms with Crippen molar-refractivity contribution < 1.29 is 34.1 Å². The Hall–Kier alpha value is -1.83. The predicted octanol–water partition coefficient (Wildman–Crippen LogP) is 3.06. The van der Waals surface area contributed by atoms with E-state index in [9.17, 15) is 24.6 Å². The van der Waals surface area contributed by atoms with E-state index in [1.165, 1.54) is 18.1 Å². The first kappa shape index (κ1) is 24.5. The molecule has 0 aromatic heterocycles. The van der Waals surface area contributed by atoms with Gasteiger partial charge in [0.25, 0.3) is 0 Å². The third-order valence-electron chi connectivity index (χ3n) is 11.0. The van der Waals surface area contributed by atoms with Crippen LogP contribution in [-0.4, -0.2) is 57.8 Å². The molecule has 6 rings (SSSR count). The summed E-state index contributed by atoms with van der Waals surface area (Å²) in [5.74, 6) is -1.53. The van der Waals surface area contributed by atoms with Gasteiger partial charge in [0.05, 0.1) is 18.1 Å². The number of carbonyl (C=O) groups excluding carboxylic acids is 3. The number of rotatable bonds is 3. The number of allylic oxidation sites excluding steroid dienone is 2. The third-order valence-corrected chi connectivity index (χ3v) is 11.0. The van der Waals surface area contributed by atoms with E-state index in [0.717, 1.165) is 24.8 Å². The summed E-state index contributed by atoms with van der Waals surface area (Å²) in [4.78, 5) is 38.0. The Morgan fingerprint density at radius 1 is 1.19 bits per heavy atom. The number of aliphatic hydroxyl groups excluding tert-OH is 1. The molecule has 7 nitrogen and oxygen atoms in total. The van der Waals surface area contributed by atoms with Gasteiger partial charge in [-0.3, -0.25) is 14.4 Å². The van der Waals surface area contributed by atoms with Gasteiger partial charge in [0.2, 0.25) is 0 Å². The van der Waals surface area contributed by atoms with E-state index in [-0.39, 0.29) is 23.4 Å². The topological polar surface area (TPSA) is 110 Å². The molecule has 7 heteroatoms. The zero-order valence-corrected chi connectivity index (χ0v) is 21.9. The van der Waals surface area contributed by atoms with E-state index in [4.69, 9.17) is 9.47 Å². The van der Waals surface area contributed by atoms with Crippen molar-refractivity contribution in [1.82, 2.24) is 0 Å². The van der Waals surface area contributed by atoms with Gasteiger partial charge in [0, 0.05) is 24.2 Å². The summed E-state index contributed by atoms with van der Waals surface area (Å²) in [6.07, 6.45) is 3.58. The molecule has 1 saturated carbocycles. The molecule has 3 fully saturated rings. The van der Waals surface area contributed by atoms with Crippen molar-refractivity contribution >= 4 is 17.5 Å². The fourth-order valence-corrected chi connectivity index (χ4v) is 9.12. The van der Waals surface area contributed by atoms with E-state index in [1.807, 2.05) is 0 Å². The summed E-state index contributed by atoms with van der Waals surface area (Å²) in [5.41, 5.74) is 1.00. The van der Waals surface area contributed by atoms with Crippen molar-refractivity contribution in [3.05, 3.63) is 22.8 Å². The highest BCUT2D eigenvalue weighted by atomic mass is 16.6. The van der Waals surface area contributed by atoms with Crippen molar-refractivity contribution in [1.29, 1.82) is 0 Å². The van der Waals surface area contributed by atoms with Crippen molar-refractivity contribution in [2.75, 3.05) is 0 Å². The lowest BCUT2D eigenvalue weighted by atomic mass is 9.51. The van der Waals surface area contributed by atoms with Gasteiger partial charge < -0.3 is 19.7 Å².